The highest BCUT2D eigenvalue weighted by molar-refractivity contribution is 7.91. The van der Waals surface area contributed by atoms with E-state index in [-0.39, 0.29) is 11.9 Å². The Hall–Kier alpha value is -0.920. The van der Waals surface area contributed by atoms with E-state index < -0.39 is 9.84 Å². The van der Waals surface area contributed by atoms with Crippen LogP contribution in [0.25, 0.3) is 0 Å². The van der Waals surface area contributed by atoms with Crippen molar-refractivity contribution in [2.45, 2.75) is 44.6 Å². The molecular weight excluding hydrogens is 356 g/mol. The van der Waals surface area contributed by atoms with E-state index in [4.69, 9.17) is 0 Å². The molecule has 4 rings (SSSR count). The molecule has 2 fully saturated rings. The monoisotopic (exact) mass is 383 g/mol. The summed E-state index contributed by atoms with van der Waals surface area (Å²) in [6.07, 6.45) is 6.81. The fourth-order valence-corrected chi connectivity index (χ4v) is 7.50. The molecule has 1 aromatic heterocycles. The van der Waals surface area contributed by atoms with Gasteiger partial charge in [0.2, 0.25) is 0 Å². The lowest BCUT2D eigenvalue weighted by Gasteiger charge is -2.34. The van der Waals surface area contributed by atoms with Crippen LogP contribution >= 0.6 is 11.3 Å². The van der Waals surface area contributed by atoms with Gasteiger partial charge in [-0.25, -0.2) is 8.42 Å². The van der Waals surface area contributed by atoms with Gasteiger partial charge in [0.05, 0.1) is 36.8 Å². The minimum absolute atomic E-state index is 0.177. The molecule has 3 heterocycles. The van der Waals surface area contributed by atoms with Gasteiger partial charge in [-0.2, -0.15) is 0 Å². The molecule has 1 N–H and O–H groups in total. The number of carbonyl (C=O) groups excluding carboxylic acids is 1. The van der Waals surface area contributed by atoms with Crippen LogP contribution in [0.3, 0.4) is 0 Å². The molecule has 0 spiro atoms. The average molecular weight is 384 g/mol. The number of amides is 1. The molecule has 2 saturated heterocycles. The summed E-state index contributed by atoms with van der Waals surface area (Å²) in [6, 6.07) is 2.37. The molecule has 0 bridgehead atoms. The van der Waals surface area contributed by atoms with Crippen molar-refractivity contribution >= 4 is 27.1 Å². The molecule has 1 amide bonds. The third kappa shape index (κ3) is 3.78. The number of nitrogens with zero attached hydrogens (tertiary/aromatic N) is 1. The van der Waals surface area contributed by atoms with Crippen LogP contribution < -0.4 is 4.90 Å². The number of rotatable bonds is 2. The van der Waals surface area contributed by atoms with Crippen LogP contribution in [-0.4, -0.2) is 63.0 Å². The van der Waals surface area contributed by atoms with Gasteiger partial charge >= 0.3 is 0 Å². The first-order valence-electron chi connectivity index (χ1n) is 9.48. The molecule has 7 heteroatoms. The molecule has 25 heavy (non-hydrogen) atoms. The Bertz CT molecular complexity index is 725. The van der Waals surface area contributed by atoms with Crippen molar-refractivity contribution in [3.8, 4) is 0 Å². The molecule has 0 saturated carbocycles. The lowest BCUT2D eigenvalue weighted by atomic mass is 10.1. The van der Waals surface area contributed by atoms with Gasteiger partial charge in [-0.05, 0) is 37.3 Å². The molecule has 0 radical (unpaired) electrons. The minimum Gasteiger partial charge on any atom is -0.329 e. The van der Waals surface area contributed by atoms with Crippen LogP contribution in [0.4, 0.5) is 0 Å². The Kier molecular flexibility index (Phi) is 4.90. The Morgan fingerprint density at radius 1 is 1.16 bits per heavy atom. The number of aryl methyl sites for hydroxylation is 2. The zero-order valence-corrected chi connectivity index (χ0v) is 16.3. The number of fused-ring (bicyclic) bond motifs is 1. The number of carbonyl (C=O) groups is 1. The molecule has 1 aromatic rings. The molecule has 5 nitrogen and oxygen atoms in total. The van der Waals surface area contributed by atoms with Crippen molar-refractivity contribution in [2.24, 2.45) is 0 Å². The van der Waals surface area contributed by atoms with Gasteiger partial charge in [-0.3, -0.25) is 4.79 Å². The summed E-state index contributed by atoms with van der Waals surface area (Å²) in [4.78, 5) is 18.5. The van der Waals surface area contributed by atoms with Gasteiger partial charge in [0.15, 0.2) is 9.84 Å². The second-order valence-corrected chi connectivity index (χ2v) is 11.0. The first-order chi connectivity index (χ1) is 12.0. The van der Waals surface area contributed by atoms with E-state index in [1.54, 1.807) is 11.3 Å². The Balaban J connectivity index is 1.37. The topological polar surface area (TPSA) is 58.9 Å². The summed E-state index contributed by atoms with van der Waals surface area (Å²) in [5.74, 6) is 0.842. The van der Waals surface area contributed by atoms with E-state index in [9.17, 15) is 13.2 Å². The van der Waals surface area contributed by atoms with E-state index in [2.05, 4.69) is 6.07 Å². The van der Waals surface area contributed by atoms with Gasteiger partial charge < -0.3 is 9.80 Å². The van der Waals surface area contributed by atoms with Crippen LogP contribution in [0, 0.1) is 0 Å². The van der Waals surface area contributed by atoms with Crippen molar-refractivity contribution in [3.05, 3.63) is 21.4 Å². The summed E-state index contributed by atoms with van der Waals surface area (Å²) >= 11 is 1.70. The highest BCUT2D eigenvalue weighted by Gasteiger charge is 2.37. The third-order valence-electron chi connectivity index (χ3n) is 5.96. The molecule has 1 atom stereocenters. The maximum atomic E-state index is 12.9. The van der Waals surface area contributed by atoms with Gasteiger partial charge in [-0.1, -0.05) is 6.42 Å². The van der Waals surface area contributed by atoms with E-state index in [0.29, 0.717) is 11.5 Å². The molecule has 138 valence electrons. The summed E-state index contributed by atoms with van der Waals surface area (Å²) in [7, 11) is -2.82. The third-order valence-corrected chi connectivity index (χ3v) is 8.95. The van der Waals surface area contributed by atoms with Crippen LogP contribution in [0.15, 0.2) is 6.07 Å². The molecule has 0 aromatic carbocycles. The average Bonchev–Trinajstić information content (AvgIpc) is 3.10. The SMILES string of the molecule is O=C(c1cc2c(s1)CCCCC2)N1CC[NH+]([C@H]2CCS(=O)(=O)C2)CC1. The Morgan fingerprint density at radius 2 is 1.92 bits per heavy atom. The predicted octanol–water partition coefficient (Wildman–Crippen LogP) is 0.545. The number of hydrogen-bond donors (Lipinski definition) is 1. The van der Waals surface area contributed by atoms with Crippen LogP contribution in [0.5, 0.6) is 0 Å². The lowest BCUT2D eigenvalue weighted by Crippen LogP contribution is -3.18. The zero-order valence-electron chi connectivity index (χ0n) is 14.6. The number of quaternary nitrogens is 1. The lowest BCUT2D eigenvalue weighted by molar-refractivity contribution is -0.925. The van der Waals surface area contributed by atoms with Crippen LogP contribution in [0.2, 0.25) is 0 Å². The number of nitrogens with one attached hydrogen (secondary N) is 1. The largest absolute Gasteiger partial charge is 0.329 e. The fraction of sp³-hybridized carbons (Fsp3) is 0.722. The maximum absolute atomic E-state index is 12.9. The molecule has 2 aliphatic heterocycles. The molecule has 1 aliphatic carbocycles. The Morgan fingerprint density at radius 3 is 2.64 bits per heavy atom. The highest BCUT2D eigenvalue weighted by Crippen LogP contribution is 2.29. The standard InChI is InChI=1S/C18H26N2O3S2/c21-18(17-12-14-4-2-1-3-5-16(14)24-17)20-9-7-19(8-10-20)15-6-11-25(22,23)13-15/h12,15H,1-11,13H2/p+1/t15-/m0/s1. The van der Waals surface area contributed by atoms with Gasteiger partial charge in [0.25, 0.3) is 5.91 Å². The number of thiophene rings is 1. The molecular formula is C18H27N2O3S2+. The first-order valence-corrected chi connectivity index (χ1v) is 12.1. The van der Waals surface area contributed by atoms with Crippen molar-refractivity contribution in [2.75, 3.05) is 37.7 Å². The second kappa shape index (κ2) is 7.00. The van der Waals surface area contributed by atoms with Gasteiger partial charge in [-0.15, -0.1) is 11.3 Å². The van der Waals surface area contributed by atoms with Gasteiger partial charge in [0, 0.05) is 11.3 Å². The van der Waals surface area contributed by atoms with Gasteiger partial charge in [0.1, 0.15) is 11.8 Å². The van der Waals surface area contributed by atoms with Crippen LogP contribution in [0.1, 0.15) is 45.8 Å². The van der Waals surface area contributed by atoms with Crippen LogP contribution in [-0.2, 0) is 22.7 Å². The fourth-order valence-electron chi connectivity index (χ4n) is 4.45. The van der Waals surface area contributed by atoms with E-state index in [1.165, 1.54) is 34.6 Å². The summed E-state index contributed by atoms with van der Waals surface area (Å²) in [5.41, 5.74) is 1.39. The zero-order chi connectivity index (χ0) is 17.4. The second-order valence-electron chi connectivity index (χ2n) is 7.67. The van der Waals surface area contributed by atoms with E-state index in [1.807, 2.05) is 4.90 Å². The quantitative estimate of drug-likeness (QED) is 0.759. The van der Waals surface area contributed by atoms with Crippen molar-refractivity contribution in [1.82, 2.24) is 4.90 Å². The van der Waals surface area contributed by atoms with E-state index >= 15 is 0 Å². The first kappa shape index (κ1) is 17.5. The Labute approximate surface area is 153 Å². The number of sulfone groups is 1. The van der Waals surface area contributed by atoms with E-state index in [0.717, 1.165) is 50.3 Å². The highest BCUT2D eigenvalue weighted by atomic mass is 32.2. The summed E-state index contributed by atoms with van der Waals surface area (Å²) < 4.78 is 23.4. The van der Waals surface area contributed by atoms with Crippen molar-refractivity contribution in [3.63, 3.8) is 0 Å². The molecule has 3 aliphatic rings. The van der Waals surface area contributed by atoms with Crippen molar-refractivity contribution < 1.29 is 18.1 Å². The minimum atomic E-state index is -2.82. The molecule has 0 unspecified atom stereocenters. The number of hydrogen-bond acceptors (Lipinski definition) is 4. The smallest absolute Gasteiger partial charge is 0.264 e. The number of piperazine rings is 1. The normalized spacial score (nSPS) is 27.0. The summed E-state index contributed by atoms with van der Waals surface area (Å²) in [6.45, 7) is 3.23. The van der Waals surface area contributed by atoms with Crippen molar-refractivity contribution in [1.29, 1.82) is 0 Å². The maximum Gasteiger partial charge on any atom is 0.264 e. The summed E-state index contributed by atoms with van der Waals surface area (Å²) in [5, 5.41) is 0. The predicted molar refractivity (Wildman–Crippen MR) is 99.2 cm³/mol.